The summed E-state index contributed by atoms with van der Waals surface area (Å²) < 4.78 is 38.5. The molecular formula is C24H23F2N5O2. The number of nitrogens with zero attached hydrogens (tertiary/aromatic N) is 5. The molecule has 7 nitrogen and oxygen atoms in total. The average Bonchev–Trinajstić information content (AvgIpc) is 3.51. The minimum Gasteiger partial charge on any atom is -0.339 e. The van der Waals surface area contributed by atoms with Crippen LogP contribution in [0.5, 0.6) is 0 Å². The van der Waals surface area contributed by atoms with Crippen molar-refractivity contribution in [3.63, 3.8) is 0 Å². The summed E-state index contributed by atoms with van der Waals surface area (Å²) in [6.07, 6.45) is 1.85. The van der Waals surface area contributed by atoms with E-state index in [1.807, 2.05) is 6.92 Å². The van der Waals surface area contributed by atoms with Gasteiger partial charge in [0.2, 0.25) is 23.4 Å². The summed E-state index contributed by atoms with van der Waals surface area (Å²) in [5, 5.41) is 8.08. The van der Waals surface area contributed by atoms with E-state index in [0.717, 1.165) is 19.4 Å². The molecule has 2 aromatic heterocycles. The first kappa shape index (κ1) is 21.4. The summed E-state index contributed by atoms with van der Waals surface area (Å²) in [6.45, 7) is 5.25. The minimum absolute atomic E-state index is 0.0459. The molecule has 0 radical (unpaired) electrons. The van der Waals surface area contributed by atoms with Crippen molar-refractivity contribution in [2.24, 2.45) is 0 Å². The second-order valence-electron chi connectivity index (χ2n) is 8.40. The summed E-state index contributed by atoms with van der Waals surface area (Å²) in [6, 6.07) is 10.9. The monoisotopic (exact) mass is 451 g/mol. The maximum absolute atomic E-state index is 13.9. The van der Waals surface area contributed by atoms with Gasteiger partial charge in [0.05, 0.1) is 12.0 Å². The normalized spacial score (nSPS) is 17.9. The lowest BCUT2D eigenvalue weighted by Gasteiger charge is -2.33. The third kappa shape index (κ3) is 4.41. The smallest absolute Gasteiger partial charge is 0.244 e. The molecule has 1 fully saturated rings. The van der Waals surface area contributed by atoms with Crippen LogP contribution in [-0.4, -0.2) is 38.3 Å². The van der Waals surface area contributed by atoms with E-state index >= 15 is 0 Å². The van der Waals surface area contributed by atoms with Crippen molar-refractivity contribution in [2.45, 2.75) is 38.6 Å². The first-order chi connectivity index (χ1) is 16.0. The number of benzene rings is 2. The van der Waals surface area contributed by atoms with Crippen LogP contribution in [0, 0.1) is 18.6 Å². The fraction of sp³-hybridized carbons (Fsp3) is 0.333. The highest BCUT2D eigenvalue weighted by Gasteiger charge is 2.31. The van der Waals surface area contributed by atoms with Gasteiger partial charge in [0.1, 0.15) is 11.6 Å². The first-order valence-corrected chi connectivity index (χ1v) is 10.9. The van der Waals surface area contributed by atoms with E-state index in [4.69, 9.17) is 9.05 Å². The molecular weight excluding hydrogens is 428 g/mol. The van der Waals surface area contributed by atoms with Crippen molar-refractivity contribution < 1.29 is 17.8 Å². The first-order valence-electron chi connectivity index (χ1n) is 10.9. The second-order valence-corrected chi connectivity index (χ2v) is 8.40. The Morgan fingerprint density at radius 3 is 2.61 bits per heavy atom. The zero-order valence-electron chi connectivity index (χ0n) is 18.3. The fourth-order valence-electron chi connectivity index (χ4n) is 4.12. The molecule has 2 aromatic carbocycles. The Balaban J connectivity index is 1.30. The van der Waals surface area contributed by atoms with Crippen LogP contribution in [0.25, 0.3) is 22.8 Å². The van der Waals surface area contributed by atoms with Crippen molar-refractivity contribution in [3.05, 3.63) is 71.4 Å². The molecule has 0 spiro atoms. The predicted molar refractivity (Wildman–Crippen MR) is 116 cm³/mol. The highest BCUT2D eigenvalue weighted by Crippen LogP contribution is 2.32. The molecule has 1 aliphatic heterocycles. The molecule has 33 heavy (non-hydrogen) atoms. The molecule has 0 N–H and O–H groups in total. The van der Waals surface area contributed by atoms with Gasteiger partial charge in [-0.05, 0) is 57.0 Å². The van der Waals surface area contributed by atoms with Crippen molar-refractivity contribution in [3.8, 4) is 22.8 Å². The Labute approximate surface area is 189 Å². The van der Waals surface area contributed by atoms with Gasteiger partial charge in [-0.1, -0.05) is 34.6 Å². The van der Waals surface area contributed by atoms with Gasteiger partial charge in [0.15, 0.2) is 0 Å². The van der Waals surface area contributed by atoms with E-state index in [-0.39, 0.29) is 23.6 Å². The predicted octanol–water partition coefficient (Wildman–Crippen LogP) is 5.31. The lowest BCUT2D eigenvalue weighted by molar-refractivity contribution is 0.123. The molecule has 4 aromatic rings. The Morgan fingerprint density at radius 1 is 1.00 bits per heavy atom. The van der Waals surface area contributed by atoms with E-state index in [2.05, 4.69) is 25.2 Å². The third-order valence-corrected chi connectivity index (χ3v) is 6.10. The van der Waals surface area contributed by atoms with Crippen LogP contribution in [0.15, 0.2) is 51.5 Å². The average molecular weight is 451 g/mol. The number of hydrogen-bond donors (Lipinski definition) is 0. The molecule has 9 heteroatoms. The largest absolute Gasteiger partial charge is 0.339 e. The molecule has 3 heterocycles. The van der Waals surface area contributed by atoms with Crippen LogP contribution in [0.3, 0.4) is 0 Å². The molecule has 1 saturated heterocycles. The maximum Gasteiger partial charge on any atom is 0.244 e. The van der Waals surface area contributed by atoms with Crippen LogP contribution >= 0.6 is 0 Å². The van der Waals surface area contributed by atoms with E-state index < -0.39 is 0 Å². The molecule has 2 atom stereocenters. The number of likely N-dealkylation sites (tertiary alicyclic amines) is 1. The van der Waals surface area contributed by atoms with Crippen LogP contribution < -0.4 is 0 Å². The van der Waals surface area contributed by atoms with Crippen molar-refractivity contribution in [1.82, 2.24) is 25.2 Å². The summed E-state index contributed by atoms with van der Waals surface area (Å²) in [5.41, 5.74) is 1.72. The Hall–Kier alpha value is -3.46. The van der Waals surface area contributed by atoms with Crippen molar-refractivity contribution >= 4 is 0 Å². The molecule has 0 saturated carbocycles. The number of rotatable bonds is 5. The Morgan fingerprint density at radius 2 is 1.79 bits per heavy atom. The number of piperidine rings is 1. The second kappa shape index (κ2) is 8.82. The standard InChI is InChI=1S/C24H23F2N5O2/c1-14-8-9-17(12-20(14)26)22-27-23(32-29-22)15(2)31-10-4-6-18(13-31)24-28-21(30-33-24)16-5-3-7-19(25)11-16/h3,5,7-9,11-12,15,18H,4,6,10,13H2,1-2H3. The van der Waals surface area contributed by atoms with E-state index in [0.29, 0.717) is 46.7 Å². The molecule has 170 valence electrons. The summed E-state index contributed by atoms with van der Waals surface area (Å²) in [7, 11) is 0. The minimum atomic E-state index is -0.344. The van der Waals surface area contributed by atoms with Gasteiger partial charge in [-0.2, -0.15) is 9.97 Å². The topological polar surface area (TPSA) is 81.1 Å². The van der Waals surface area contributed by atoms with Crippen LogP contribution in [0.1, 0.15) is 49.1 Å². The molecule has 0 bridgehead atoms. The lowest BCUT2D eigenvalue weighted by Crippen LogP contribution is -2.36. The number of aryl methyl sites for hydroxylation is 1. The van der Waals surface area contributed by atoms with Gasteiger partial charge in [0, 0.05) is 17.7 Å². The number of halogens is 2. The zero-order valence-corrected chi connectivity index (χ0v) is 18.3. The van der Waals surface area contributed by atoms with Crippen molar-refractivity contribution in [2.75, 3.05) is 13.1 Å². The van der Waals surface area contributed by atoms with Crippen LogP contribution in [0.4, 0.5) is 8.78 Å². The number of aromatic nitrogens is 4. The Kier molecular flexibility index (Phi) is 5.72. The molecule has 0 aliphatic carbocycles. The third-order valence-electron chi connectivity index (χ3n) is 6.10. The van der Waals surface area contributed by atoms with Gasteiger partial charge < -0.3 is 9.05 Å². The highest BCUT2D eigenvalue weighted by atomic mass is 19.1. The van der Waals surface area contributed by atoms with E-state index in [1.165, 1.54) is 18.2 Å². The van der Waals surface area contributed by atoms with E-state index in [9.17, 15) is 8.78 Å². The van der Waals surface area contributed by atoms with Crippen LogP contribution in [0.2, 0.25) is 0 Å². The molecule has 1 aliphatic rings. The molecule has 0 amide bonds. The van der Waals surface area contributed by atoms with Gasteiger partial charge in [-0.3, -0.25) is 4.90 Å². The van der Waals surface area contributed by atoms with Gasteiger partial charge >= 0.3 is 0 Å². The van der Waals surface area contributed by atoms with E-state index in [1.54, 1.807) is 31.2 Å². The lowest BCUT2D eigenvalue weighted by atomic mass is 9.96. The van der Waals surface area contributed by atoms with Crippen molar-refractivity contribution in [1.29, 1.82) is 0 Å². The van der Waals surface area contributed by atoms with Gasteiger partial charge in [-0.15, -0.1) is 0 Å². The SMILES string of the molecule is Cc1ccc(-c2noc(C(C)N3CCCC(c4nc(-c5cccc(F)c5)no4)C3)n2)cc1F. The van der Waals surface area contributed by atoms with Gasteiger partial charge in [0.25, 0.3) is 0 Å². The summed E-state index contributed by atoms with van der Waals surface area (Å²) in [5.74, 6) is 1.14. The van der Waals surface area contributed by atoms with Gasteiger partial charge in [-0.25, -0.2) is 8.78 Å². The quantitative estimate of drug-likeness (QED) is 0.406. The zero-order chi connectivity index (χ0) is 22.9. The maximum atomic E-state index is 13.9. The molecule has 2 unspecified atom stereocenters. The molecule has 5 rings (SSSR count). The fourth-order valence-corrected chi connectivity index (χ4v) is 4.12. The summed E-state index contributed by atoms with van der Waals surface area (Å²) >= 11 is 0. The Bertz CT molecular complexity index is 1270. The van der Waals surface area contributed by atoms with Crippen LogP contribution in [-0.2, 0) is 0 Å². The highest BCUT2D eigenvalue weighted by molar-refractivity contribution is 5.55. The number of hydrogen-bond acceptors (Lipinski definition) is 7. The summed E-state index contributed by atoms with van der Waals surface area (Å²) in [4.78, 5) is 11.2.